The minimum atomic E-state index is -0.533. The molecule has 2 atom stereocenters. The lowest BCUT2D eigenvalue weighted by molar-refractivity contribution is 0.0654. The quantitative estimate of drug-likeness (QED) is 0.910. The van der Waals surface area contributed by atoms with Gasteiger partial charge in [-0.1, -0.05) is 29.3 Å². The van der Waals surface area contributed by atoms with Crippen LogP contribution in [-0.4, -0.2) is 12.2 Å². The molecule has 0 fully saturated rings. The van der Waals surface area contributed by atoms with Gasteiger partial charge in [-0.05, 0) is 37.6 Å². The molecule has 0 bridgehead atoms. The van der Waals surface area contributed by atoms with Gasteiger partial charge in [0.25, 0.3) is 0 Å². The van der Waals surface area contributed by atoms with E-state index in [1.54, 1.807) is 7.11 Å². The van der Waals surface area contributed by atoms with Gasteiger partial charge in [-0.2, -0.15) is 0 Å². The highest BCUT2D eigenvalue weighted by Gasteiger charge is 2.28. The van der Waals surface area contributed by atoms with Crippen LogP contribution in [0.15, 0.2) is 36.4 Å². The lowest BCUT2D eigenvalue weighted by Gasteiger charge is -2.30. The zero-order chi connectivity index (χ0) is 15.0. The molecule has 3 rings (SSSR count). The van der Waals surface area contributed by atoms with Gasteiger partial charge < -0.3 is 14.6 Å². The lowest BCUT2D eigenvalue weighted by Crippen LogP contribution is -2.19. The predicted molar refractivity (Wildman–Crippen MR) is 81.9 cm³/mol. The standard InChI is InChI=1S/C18H20O3/c1-11-6-12(2)8-13(7-11)18-10-16(19)15-9-14(20-3)4-5-17(15)21-18/h4-9,16,18-19H,10H2,1-3H3/t16-,18?/m0/s1. The van der Waals surface area contributed by atoms with Crippen LogP contribution in [0.4, 0.5) is 0 Å². The van der Waals surface area contributed by atoms with E-state index in [1.807, 2.05) is 18.2 Å². The van der Waals surface area contributed by atoms with Gasteiger partial charge in [0, 0.05) is 12.0 Å². The highest BCUT2D eigenvalue weighted by atomic mass is 16.5. The number of hydrogen-bond acceptors (Lipinski definition) is 3. The van der Waals surface area contributed by atoms with Crippen LogP contribution >= 0.6 is 0 Å². The van der Waals surface area contributed by atoms with Crippen molar-refractivity contribution in [2.45, 2.75) is 32.5 Å². The van der Waals surface area contributed by atoms with E-state index < -0.39 is 6.10 Å². The van der Waals surface area contributed by atoms with Crippen molar-refractivity contribution in [2.24, 2.45) is 0 Å². The SMILES string of the molecule is COc1ccc2c(c1)[C@@H](O)CC(c1cc(C)cc(C)c1)O2. The Morgan fingerprint density at radius 1 is 1.10 bits per heavy atom. The third kappa shape index (κ3) is 2.74. The molecule has 0 radical (unpaired) electrons. The van der Waals surface area contributed by atoms with Crippen LogP contribution in [0.3, 0.4) is 0 Å². The summed E-state index contributed by atoms with van der Waals surface area (Å²) in [5, 5.41) is 10.4. The molecule has 2 aromatic rings. The average Bonchev–Trinajstić information content (AvgIpc) is 2.46. The number of aliphatic hydroxyl groups excluding tert-OH is 1. The van der Waals surface area contributed by atoms with Gasteiger partial charge in [0.05, 0.1) is 13.2 Å². The molecule has 1 aliphatic heterocycles. The highest BCUT2D eigenvalue weighted by molar-refractivity contribution is 5.44. The van der Waals surface area contributed by atoms with Gasteiger partial charge in [-0.25, -0.2) is 0 Å². The van der Waals surface area contributed by atoms with Gasteiger partial charge in [0.15, 0.2) is 0 Å². The summed E-state index contributed by atoms with van der Waals surface area (Å²) in [7, 11) is 1.62. The summed E-state index contributed by atoms with van der Waals surface area (Å²) >= 11 is 0. The number of fused-ring (bicyclic) bond motifs is 1. The minimum Gasteiger partial charge on any atom is -0.497 e. The van der Waals surface area contributed by atoms with E-state index in [1.165, 1.54) is 11.1 Å². The molecule has 1 heterocycles. The molecule has 1 N–H and O–H groups in total. The first-order chi connectivity index (χ1) is 10.1. The van der Waals surface area contributed by atoms with E-state index in [0.717, 1.165) is 22.6 Å². The molecule has 0 saturated carbocycles. The Balaban J connectivity index is 1.94. The smallest absolute Gasteiger partial charge is 0.127 e. The van der Waals surface area contributed by atoms with E-state index in [-0.39, 0.29) is 6.10 Å². The van der Waals surface area contributed by atoms with Crippen LogP contribution in [-0.2, 0) is 0 Å². The maximum Gasteiger partial charge on any atom is 0.127 e. The van der Waals surface area contributed by atoms with Crippen LogP contribution in [0, 0.1) is 13.8 Å². The molecule has 0 amide bonds. The van der Waals surface area contributed by atoms with Gasteiger partial charge in [-0.15, -0.1) is 0 Å². The van der Waals surface area contributed by atoms with Crippen molar-refractivity contribution < 1.29 is 14.6 Å². The summed E-state index contributed by atoms with van der Waals surface area (Å²) < 4.78 is 11.3. The largest absolute Gasteiger partial charge is 0.497 e. The minimum absolute atomic E-state index is 0.112. The van der Waals surface area contributed by atoms with Crippen molar-refractivity contribution in [3.8, 4) is 11.5 Å². The number of methoxy groups -OCH3 is 1. The van der Waals surface area contributed by atoms with Gasteiger partial charge in [0.2, 0.25) is 0 Å². The van der Waals surface area contributed by atoms with Crippen LogP contribution in [0.5, 0.6) is 11.5 Å². The number of ether oxygens (including phenoxy) is 2. The van der Waals surface area contributed by atoms with E-state index in [4.69, 9.17) is 9.47 Å². The van der Waals surface area contributed by atoms with Crippen molar-refractivity contribution >= 4 is 0 Å². The lowest BCUT2D eigenvalue weighted by atomic mass is 9.93. The van der Waals surface area contributed by atoms with Crippen molar-refractivity contribution in [1.29, 1.82) is 0 Å². The highest BCUT2D eigenvalue weighted by Crippen LogP contribution is 2.42. The molecule has 0 saturated heterocycles. The van der Waals surface area contributed by atoms with Crippen LogP contribution in [0.2, 0.25) is 0 Å². The fourth-order valence-corrected chi connectivity index (χ4v) is 2.95. The number of hydrogen-bond donors (Lipinski definition) is 1. The van der Waals surface area contributed by atoms with Gasteiger partial charge in [0.1, 0.15) is 17.6 Å². The molecule has 110 valence electrons. The summed E-state index contributed by atoms with van der Waals surface area (Å²) in [5.41, 5.74) is 4.34. The van der Waals surface area contributed by atoms with Crippen LogP contribution in [0.1, 0.15) is 40.9 Å². The second kappa shape index (κ2) is 5.41. The Morgan fingerprint density at radius 2 is 1.81 bits per heavy atom. The molecule has 1 unspecified atom stereocenters. The van der Waals surface area contributed by atoms with E-state index in [0.29, 0.717) is 6.42 Å². The van der Waals surface area contributed by atoms with Gasteiger partial charge in [-0.3, -0.25) is 0 Å². The molecule has 21 heavy (non-hydrogen) atoms. The summed E-state index contributed by atoms with van der Waals surface area (Å²) in [6.07, 6.45) is -0.0857. The van der Waals surface area contributed by atoms with E-state index >= 15 is 0 Å². The molecule has 0 aromatic heterocycles. The summed E-state index contributed by atoms with van der Waals surface area (Å²) in [4.78, 5) is 0. The maximum absolute atomic E-state index is 10.4. The number of aryl methyl sites for hydroxylation is 2. The Kier molecular flexibility index (Phi) is 3.60. The zero-order valence-corrected chi connectivity index (χ0v) is 12.6. The van der Waals surface area contributed by atoms with Crippen LogP contribution in [0.25, 0.3) is 0 Å². The van der Waals surface area contributed by atoms with Crippen molar-refractivity contribution in [1.82, 2.24) is 0 Å². The Morgan fingerprint density at radius 3 is 2.48 bits per heavy atom. The zero-order valence-electron chi connectivity index (χ0n) is 12.6. The van der Waals surface area contributed by atoms with Crippen molar-refractivity contribution in [2.75, 3.05) is 7.11 Å². The Labute approximate surface area is 125 Å². The van der Waals surface area contributed by atoms with Crippen LogP contribution < -0.4 is 9.47 Å². The first-order valence-electron chi connectivity index (χ1n) is 7.17. The summed E-state index contributed by atoms with van der Waals surface area (Å²) in [6, 6.07) is 12.0. The molecule has 3 heteroatoms. The predicted octanol–water partition coefficient (Wildman–Crippen LogP) is 3.87. The Hall–Kier alpha value is -2.00. The van der Waals surface area contributed by atoms with E-state index in [9.17, 15) is 5.11 Å². The molecule has 1 aliphatic rings. The van der Waals surface area contributed by atoms with E-state index in [2.05, 4.69) is 32.0 Å². The fourth-order valence-electron chi connectivity index (χ4n) is 2.95. The van der Waals surface area contributed by atoms with Crippen molar-refractivity contribution in [3.05, 3.63) is 58.7 Å². The topological polar surface area (TPSA) is 38.7 Å². The fraction of sp³-hybridized carbons (Fsp3) is 0.333. The molecule has 2 aromatic carbocycles. The number of aliphatic hydroxyl groups is 1. The number of rotatable bonds is 2. The monoisotopic (exact) mass is 284 g/mol. The third-order valence-electron chi connectivity index (χ3n) is 3.90. The second-order valence-electron chi connectivity index (χ2n) is 5.68. The molecule has 0 spiro atoms. The molecule has 3 nitrogen and oxygen atoms in total. The average molecular weight is 284 g/mol. The number of benzene rings is 2. The van der Waals surface area contributed by atoms with Gasteiger partial charge >= 0.3 is 0 Å². The maximum atomic E-state index is 10.4. The molecule has 0 aliphatic carbocycles. The first-order valence-corrected chi connectivity index (χ1v) is 7.17. The summed E-state index contributed by atoms with van der Waals surface area (Å²) in [6.45, 7) is 4.16. The summed E-state index contributed by atoms with van der Waals surface area (Å²) in [5.74, 6) is 1.47. The second-order valence-corrected chi connectivity index (χ2v) is 5.68. The first kappa shape index (κ1) is 14.0. The molecular formula is C18H20O3. The van der Waals surface area contributed by atoms with Crippen molar-refractivity contribution in [3.63, 3.8) is 0 Å². The Bertz CT molecular complexity index is 643. The molecular weight excluding hydrogens is 264 g/mol. The third-order valence-corrected chi connectivity index (χ3v) is 3.90. The normalized spacial score (nSPS) is 20.6.